The SMILES string of the molecule is CCN(CC)CCCC(CCCN(C)C)(N(CC)CC)C(CCCN1CCCCC1)(CCN(C)C)CC1CCCN(C)C1. The van der Waals surface area contributed by atoms with Gasteiger partial charge in [-0.2, -0.15) is 0 Å². The van der Waals surface area contributed by atoms with Crippen LogP contribution in [0.2, 0.25) is 0 Å². The van der Waals surface area contributed by atoms with E-state index in [4.69, 9.17) is 0 Å². The Kier molecular flexibility index (Phi) is 18.8. The number of piperidine rings is 2. The molecule has 0 spiro atoms. The molecule has 6 nitrogen and oxygen atoms in total. The molecule has 43 heavy (non-hydrogen) atoms. The highest BCUT2D eigenvalue weighted by atomic mass is 15.2. The molecule has 0 amide bonds. The predicted molar refractivity (Wildman–Crippen MR) is 190 cm³/mol. The van der Waals surface area contributed by atoms with Crippen molar-refractivity contribution in [3.05, 3.63) is 0 Å². The first-order valence-electron chi connectivity index (χ1n) is 18.8. The summed E-state index contributed by atoms with van der Waals surface area (Å²) in [5.41, 5.74) is 0.574. The largest absolute Gasteiger partial charge is 0.309 e. The third-order valence-corrected chi connectivity index (χ3v) is 11.5. The Balaban J connectivity index is 2.61. The quantitative estimate of drug-likeness (QED) is 0.132. The molecule has 0 aromatic heterocycles. The Morgan fingerprint density at radius 3 is 1.84 bits per heavy atom. The van der Waals surface area contributed by atoms with Crippen molar-refractivity contribution in [3.8, 4) is 0 Å². The van der Waals surface area contributed by atoms with Gasteiger partial charge in [0.1, 0.15) is 0 Å². The second kappa shape index (κ2) is 20.8. The molecule has 0 aliphatic carbocycles. The standard InChI is InChI=1S/C37H78N6/c1-10-41(11-2)30-20-24-37(43(12-3)13-4,23-19-26-38(5)6)36(25-32-39(7)8,33-35-21-17-27-40(9)34-35)22-18-31-42-28-15-14-16-29-42/h35H,10-34H2,1-9H3. The van der Waals surface area contributed by atoms with Crippen molar-refractivity contribution < 1.29 is 0 Å². The lowest BCUT2D eigenvalue weighted by molar-refractivity contribution is -0.0827. The zero-order valence-electron chi connectivity index (χ0n) is 30.9. The van der Waals surface area contributed by atoms with Gasteiger partial charge in [-0.3, -0.25) is 4.90 Å². The van der Waals surface area contributed by atoms with Gasteiger partial charge < -0.3 is 24.5 Å². The first-order valence-corrected chi connectivity index (χ1v) is 18.8. The smallest absolute Gasteiger partial charge is 0.0267 e. The van der Waals surface area contributed by atoms with Crippen LogP contribution < -0.4 is 0 Å². The summed E-state index contributed by atoms with van der Waals surface area (Å²) in [5.74, 6) is 0.822. The van der Waals surface area contributed by atoms with E-state index >= 15 is 0 Å². The molecule has 6 heteroatoms. The van der Waals surface area contributed by atoms with Crippen molar-refractivity contribution in [2.45, 2.75) is 117 Å². The molecule has 256 valence electrons. The minimum Gasteiger partial charge on any atom is -0.309 e. The molecule has 0 radical (unpaired) electrons. The van der Waals surface area contributed by atoms with Gasteiger partial charge in [-0.15, -0.1) is 0 Å². The van der Waals surface area contributed by atoms with Gasteiger partial charge in [0.05, 0.1) is 0 Å². The van der Waals surface area contributed by atoms with Gasteiger partial charge in [-0.05, 0) is 196 Å². The van der Waals surface area contributed by atoms with Crippen molar-refractivity contribution in [2.75, 3.05) is 114 Å². The fraction of sp³-hybridized carbons (Fsp3) is 1.00. The molecule has 2 rings (SSSR count). The summed E-state index contributed by atoms with van der Waals surface area (Å²) in [5, 5.41) is 0. The second-order valence-corrected chi connectivity index (χ2v) is 15.1. The van der Waals surface area contributed by atoms with E-state index in [0.717, 1.165) is 5.92 Å². The van der Waals surface area contributed by atoms with E-state index in [9.17, 15) is 0 Å². The minimum atomic E-state index is 0.244. The van der Waals surface area contributed by atoms with Gasteiger partial charge in [-0.1, -0.05) is 34.1 Å². The number of hydrogen-bond donors (Lipinski definition) is 0. The van der Waals surface area contributed by atoms with Crippen LogP contribution >= 0.6 is 0 Å². The molecule has 2 aliphatic rings. The Labute approximate surface area is 270 Å². The maximum Gasteiger partial charge on any atom is 0.0267 e. The number of nitrogens with zero attached hydrogens (tertiary/aromatic N) is 6. The minimum absolute atomic E-state index is 0.244. The van der Waals surface area contributed by atoms with Crippen LogP contribution in [0.5, 0.6) is 0 Å². The molecule has 3 unspecified atom stereocenters. The fourth-order valence-electron chi connectivity index (χ4n) is 9.20. The number of hydrogen-bond acceptors (Lipinski definition) is 6. The molecule has 2 fully saturated rings. The van der Waals surface area contributed by atoms with E-state index in [1.807, 2.05) is 0 Å². The van der Waals surface area contributed by atoms with Crippen molar-refractivity contribution in [1.82, 2.24) is 29.4 Å². The van der Waals surface area contributed by atoms with Crippen LogP contribution in [0, 0.1) is 11.3 Å². The summed E-state index contributed by atoms with van der Waals surface area (Å²) in [7, 11) is 11.6. The van der Waals surface area contributed by atoms with Gasteiger partial charge in [0.25, 0.3) is 0 Å². The van der Waals surface area contributed by atoms with Crippen LogP contribution in [-0.2, 0) is 0 Å². The molecular formula is C37H78N6. The molecule has 0 saturated carbocycles. The number of likely N-dealkylation sites (tertiary alicyclic amines) is 2. The van der Waals surface area contributed by atoms with Gasteiger partial charge in [-0.25, -0.2) is 0 Å². The first-order chi connectivity index (χ1) is 20.6. The van der Waals surface area contributed by atoms with Crippen LogP contribution in [0.3, 0.4) is 0 Å². The number of rotatable bonds is 23. The fourth-order valence-corrected chi connectivity index (χ4v) is 9.20. The molecule has 0 N–H and O–H groups in total. The van der Waals surface area contributed by atoms with Crippen LogP contribution in [-0.4, -0.2) is 149 Å². The monoisotopic (exact) mass is 607 g/mol. The molecule has 2 heterocycles. The predicted octanol–water partition coefficient (Wildman–Crippen LogP) is 6.47. The van der Waals surface area contributed by atoms with E-state index in [1.165, 1.54) is 162 Å². The average molecular weight is 607 g/mol. The Hall–Kier alpha value is -0.240. The topological polar surface area (TPSA) is 19.4 Å². The lowest BCUT2D eigenvalue weighted by Gasteiger charge is -2.59. The van der Waals surface area contributed by atoms with E-state index in [1.54, 1.807) is 0 Å². The first kappa shape index (κ1) is 38.9. The zero-order chi connectivity index (χ0) is 31.7. The normalized spacial score (nSPS) is 22.1. The van der Waals surface area contributed by atoms with Crippen LogP contribution in [0.1, 0.15) is 111 Å². The summed E-state index contributed by atoms with van der Waals surface area (Å²) in [6.07, 6.45) is 17.8. The van der Waals surface area contributed by atoms with E-state index < -0.39 is 0 Å². The van der Waals surface area contributed by atoms with E-state index in [2.05, 4.69) is 92.3 Å². The molecule has 2 saturated heterocycles. The van der Waals surface area contributed by atoms with Crippen molar-refractivity contribution in [1.29, 1.82) is 0 Å². The lowest BCUT2D eigenvalue weighted by atomic mass is 9.56. The van der Waals surface area contributed by atoms with Gasteiger partial charge in [0.15, 0.2) is 0 Å². The third kappa shape index (κ3) is 12.5. The molecule has 0 aromatic carbocycles. The maximum atomic E-state index is 3.01. The van der Waals surface area contributed by atoms with Crippen molar-refractivity contribution >= 4 is 0 Å². The molecular weight excluding hydrogens is 528 g/mol. The second-order valence-electron chi connectivity index (χ2n) is 15.1. The van der Waals surface area contributed by atoms with Gasteiger partial charge >= 0.3 is 0 Å². The van der Waals surface area contributed by atoms with Crippen LogP contribution in [0.25, 0.3) is 0 Å². The van der Waals surface area contributed by atoms with Crippen molar-refractivity contribution in [2.24, 2.45) is 11.3 Å². The summed E-state index contributed by atoms with van der Waals surface area (Å²) >= 11 is 0. The lowest BCUT2D eigenvalue weighted by Crippen LogP contribution is -2.62. The van der Waals surface area contributed by atoms with E-state index in [0.29, 0.717) is 5.41 Å². The summed E-state index contributed by atoms with van der Waals surface area (Å²) in [6.45, 7) is 24.5. The Morgan fingerprint density at radius 2 is 1.28 bits per heavy atom. The molecule has 2 aliphatic heterocycles. The Bertz CT molecular complexity index is 687. The Morgan fingerprint density at radius 1 is 0.651 bits per heavy atom. The average Bonchev–Trinajstić information content (AvgIpc) is 2.98. The van der Waals surface area contributed by atoms with Crippen LogP contribution in [0.4, 0.5) is 0 Å². The summed E-state index contributed by atoms with van der Waals surface area (Å²) in [6, 6.07) is 0. The van der Waals surface area contributed by atoms with E-state index in [-0.39, 0.29) is 5.54 Å². The maximum absolute atomic E-state index is 3.01. The third-order valence-electron chi connectivity index (χ3n) is 11.5. The van der Waals surface area contributed by atoms with Gasteiger partial charge in [0.2, 0.25) is 0 Å². The molecule has 0 bridgehead atoms. The highest BCUT2D eigenvalue weighted by Crippen LogP contribution is 2.54. The van der Waals surface area contributed by atoms with Crippen molar-refractivity contribution in [3.63, 3.8) is 0 Å². The summed E-state index contributed by atoms with van der Waals surface area (Å²) in [4.78, 5) is 16.0. The molecule has 3 atom stereocenters. The zero-order valence-corrected chi connectivity index (χ0v) is 30.9. The van der Waals surface area contributed by atoms with Crippen LogP contribution in [0.15, 0.2) is 0 Å². The molecule has 0 aromatic rings. The summed E-state index contributed by atoms with van der Waals surface area (Å²) < 4.78 is 0. The van der Waals surface area contributed by atoms with Gasteiger partial charge in [0, 0.05) is 12.1 Å². The highest BCUT2D eigenvalue weighted by Gasteiger charge is 2.53. The highest BCUT2D eigenvalue weighted by molar-refractivity contribution is 5.07.